The Balaban J connectivity index is 2.46. The molecule has 3 heteroatoms. The molecule has 0 saturated carbocycles. The van der Waals surface area contributed by atoms with E-state index in [1.807, 2.05) is 4.57 Å². The third kappa shape index (κ3) is 1.47. The van der Waals surface area contributed by atoms with Gasteiger partial charge >= 0.3 is 0 Å². The molecular formula is C11H16N2O. The average Bonchev–Trinajstić information content (AvgIpc) is 2.48. The van der Waals surface area contributed by atoms with Crippen LogP contribution in [0.3, 0.4) is 0 Å². The van der Waals surface area contributed by atoms with E-state index in [1.165, 1.54) is 0 Å². The first-order valence-corrected chi connectivity index (χ1v) is 5.33. The van der Waals surface area contributed by atoms with Gasteiger partial charge in [-0.25, -0.2) is 4.98 Å². The SMILES string of the molecule is CCCc1cc(=O)n2c(n1)CC[C@@H]2C. The van der Waals surface area contributed by atoms with E-state index >= 15 is 0 Å². The first-order valence-electron chi connectivity index (χ1n) is 5.33. The topological polar surface area (TPSA) is 34.9 Å². The molecule has 2 rings (SSSR count). The maximum Gasteiger partial charge on any atom is 0.253 e. The van der Waals surface area contributed by atoms with Crippen molar-refractivity contribution in [2.24, 2.45) is 0 Å². The van der Waals surface area contributed by atoms with Crippen LogP contribution >= 0.6 is 0 Å². The lowest BCUT2D eigenvalue weighted by molar-refractivity contribution is 0.557. The molecule has 1 aromatic rings. The van der Waals surface area contributed by atoms with E-state index in [4.69, 9.17) is 0 Å². The predicted molar refractivity (Wildman–Crippen MR) is 55.5 cm³/mol. The third-order valence-electron chi connectivity index (χ3n) is 2.81. The minimum atomic E-state index is 0.128. The van der Waals surface area contributed by atoms with Crippen molar-refractivity contribution in [2.45, 2.75) is 45.6 Å². The Morgan fingerprint density at radius 1 is 1.64 bits per heavy atom. The van der Waals surface area contributed by atoms with E-state index in [0.29, 0.717) is 6.04 Å². The van der Waals surface area contributed by atoms with Gasteiger partial charge in [-0.05, 0) is 19.8 Å². The highest BCUT2D eigenvalue weighted by Crippen LogP contribution is 2.21. The van der Waals surface area contributed by atoms with Gasteiger partial charge in [-0.15, -0.1) is 0 Å². The fraction of sp³-hybridized carbons (Fsp3) is 0.636. The van der Waals surface area contributed by atoms with Crippen molar-refractivity contribution in [1.29, 1.82) is 0 Å². The van der Waals surface area contributed by atoms with Gasteiger partial charge in [0, 0.05) is 24.2 Å². The van der Waals surface area contributed by atoms with Crippen molar-refractivity contribution in [2.75, 3.05) is 0 Å². The van der Waals surface area contributed by atoms with Crippen LogP contribution in [0.1, 0.15) is 44.2 Å². The molecular weight excluding hydrogens is 176 g/mol. The molecule has 0 aliphatic carbocycles. The molecule has 0 spiro atoms. The second kappa shape index (κ2) is 3.56. The molecule has 1 atom stereocenters. The Kier molecular flexibility index (Phi) is 2.40. The summed E-state index contributed by atoms with van der Waals surface area (Å²) in [7, 11) is 0. The largest absolute Gasteiger partial charge is 0.294 e. The van der Waals surface area contributed by atoms with Gasteiger partial charge in [0.25, 0.3) is 5.56 Å². The minimum absolute atomic E-state index is 0.128. The van der Waals surface area contributed by atoms with E-state index in [-0.39, 0.29) is 5.56 Å². The van der Waals surface area contributed by atoms with Crippen LogP contribution < -0.4 is 5.56 Å². The van der Waals surface area contributed by atoms with Crippen molar-refractivity contribution in [3.05, 3.63) is 27.9 Å². The number of rotatable bonds is 2. The van der Waals surface area contributed by atoms with Crippen molar-refractivity contribution in [3.63, 3.8) is 0 Å². The summed E-state index contributed by atoms with van der Waals surface area (Å²) in [5, 5.41) is 0. The van der Waals surface area contributed by atoms with Crippen molar-refractivity contribution in [3.8, 4) is 0 Å². The second-order valence-electron chi connectivity index (χ2n) is 4.01. The Hall–Kier alpha value is -1.12. The Bertz CT molecular complexity index is 395. The Morgan fingerprint density at radius 2 is 2.43 bits per heavy atom. The molecule has 0 radical (unpaired) electrons. The minimum Gasteiger partial charge on any atom is -0.294 e. The fourth-order valence-corrected chi connectivity index (χ4v) is 2.09. The molecule has 14 heavy (non-hydrogen) atoms. The lowest BCUT2D eigenvalue weighted by atomic mass is 10.2. The quantitative estimate of drug-likeness (QED) is 0.715. The smallest absolute Gasteiger partial charge is 0.253 e. The zero-order chi connectivity index (χ0) is 10.1. The van der Waals surface area contributed by atoms with Gasteiger partial charge < -0.3 is 0 Å². The number of nitrogens with zero attached hydrogens (tertiary/aromatic N) is 2. The molecule has 1 aromatic heterocycles. The number of hydrogen-bond donors (Lipinski definition) is 0. The standard InChI is InChI=1S/C11H16N2O/c1-3-4-9-7-11(14)13-8(2)5-6-10(13)12-9/h7-8H,3-6H2,1-2H3/t8-/m0/s1. The Labute approximate surface area is 83.8 Å². The Morgan fingerprint density at radius 3 is 3.14 bits per heavy atom. The summed E-state index contributed by atoms with van der Waals surface area (Å²) in [4.78, 5) is 16.3. The molecule has 0 N–H and O–H groups in total. The summed E-state index contributed by atoms with van der Waals surface area (Å²) in [6.45, 7) is 4.19. The van der Waals surface area contributed by atoms with E-state index in [0.717, 1.165) is 37.2 Å². The van der Waals surface area contributed by atoms with Crippen LogP contribution in [-0.2, 0) is 12.8 Å². The maximum atomic E-state index is 11.7. The van der Waals surface area contributed by atoms with Crippen LogP contribution in [0.15, 0.2) is 10.9 Å². The van der Waals surface area contributed by atoms with E-state index < -0.39 is 0 Å². The number of aromatic nitrogens is 2. The molecule has 76 valence electrons. The molecule has 0 amide bonds. The van der Waals surface area contributed by atoms with Crippen LogP contribution in [0, 0.1) is 0 Å². The normalized spacial score (nSPS) is 19.7. The van der Waals surface area contributed by atoms with Crippen LogP contribution in [0.4, 0.5) is 0 Å². The predicted octanol–water partition coefficient (Wildman–Crippen LogP) is 1.70. The van der Waals surface area contributed by atoms with E-state index in [1.54, 1.807) is 6.07 Å². The molecule has 0 aromatic carbocycles. The van der Waals surface area contributed by atoms with E-state index in [9.17, 15) is 4.79 Å². The summed E-state index contributed by atoms with van der Waals surface area (Å²) in [5.74, 6) is 0.980. The molecule has 1 aliphatic heterocycles. The van der Waals surface area contributed by atoms with E-state index in [2.05, 4.69) is 18.8 Å². The first kappa shape index (κ1) is 9.44. The molecule has 0 fully saturated rings. The maximum absolute atomic E-state index is 11.7. The lowest BCUT2D eigenvalue weighted by Gasteiger charge is -2.08. The third-order valence-corrected chi connectivity index (χ3v) is 2.81. The number of aryl methyl sites for hydroxylation is 2. The van der Waals surface area contributed by atoms with Gasteiger partial charge in [0.1, 0.15) is 5.82 Å². The lowest BCUT2D eigenvalue weighted by Crippen LogP contribution is -2.23. The highest BCUT2D eigenvalue weighted by Gasteiger charge is 2.20. The van der Waals surface area contributed by atoms with Gasteiger partial charge in [-0.3, -0.25) is 9.36 Å². The summed E-state index contributed by atoms with van der Waals surface area (Å²) in [5.41, 5.74) is 1.08. The molecule has 3 nitrogen and oxygen atoms in total. The van der Waals surface area contributed by atoms with Gasteiger partial charge in [0.05, 0.1) is 0 Å². The summed E-state index contributed by atoms with van der Waals surface area (Å²) in [6, 6.07) is 2.02. The summed E-state index contributed by atoms with van der Waals surface area (Å²) >= 11 is 0. The zero-order valence-corrected chi connectivity index (χ0v) is 8.79. The van der Waals surface area contributed by atoms with Crippen LogP contribution in [-0.4, -0.2) is 9.55 Å². The summed E-state index contributed by atoms with van der Waals surface area (Å²) < 4.78 is 1.83. The molecule has 0 unspecified atom stereocenters. The van der Waals surface area contributed by atoms with Crippen LogP contribution in [0.5, 0.6) is 0 Å². The van der Waals surface area contributed by atoms with Gasteiger partial charge in [-0.1, -0.05) is 13.3 Å². The first-order chi connectivity index (χ1) is 6.72. The monoisotopic (exact) mass is 192 g/mol. The van der Waals surface area contributed by atoms with Crippen molar-refractivity contribution < 1.29 is 0 Å². The highest BCUT2D eigenvalue weighted by atomic mass is 16.1. The number of fused-ring (bicyclic) bond motifs is 1. The molecule has 1 aliphatic rings. The molecule has 0 bridgehead atoms. The van der Waals surface area contributed by atoms with Gasteiger partial charge in [-0.2, -0.15) is 0 Å². The van der Waals surface area contributed by atoms with Crippen LogP contribution in [0.25, 0.3) is 0 Å². The second-order valence-corrected chi connectivity index (χ2v) is 4.01. The number of hydrogen-bond acceptors (Lipinski definition) is 2. The molecule has 0 saturated heterocycles. The average molecular weight is 192 g/mol. The molecule has 2 heterocycles. The van der Waals surface area contributed by atoms with Gasteiger partial charge in [0.15, 0.2) is 0 Å². The van der Waals surface area contributed by atoms with Crippen molar-refractivity contribution in [1.82, 2.24) is 9.55 Å². The summed E-state index contributed by atoms with van der Waals surface area (Å²) in [6.07, 6.45) is 3.97. The van der Waals surface area contributed by atoms with Crippen LogP contribution in [0.2, 0.25) is 0 Å². The highest BCUT2D eigenvalue weighted by molar-refractivity contribution is 5.09. The fourth-order valence-electron chi connectivity index (χ4n) is 2.09. The van der Waals surface area contributed by atoms with Crippen molar-refractivity contribution >= 4 is 0 Å². The van der Waals surface area contributed by atoms with Gasteiger partial charge in [0.2, 0.25) is 0 Å². The zero-order valence-electron chi connectivity index (χ0n) is 8.79.